The van der Waals surface area contributed by atoms with E-state index in [-0.39, 0.29) is 29.2 Å². The van der Waals surface area contributed by atoms with Gasteiger partial charge in [0.25, 0.3) is 5.56 Å². The van der Waals surface area contributed by atoms with Crippen LogP contribution in [0.1, 0.15) is 27.9 Å². The van der Waals surface area contributed by atoms with Gasteiger partial charge in [0.15, 0.2) is 5.56 Å². The molecule has 5 nitrogen and oxygen atoms in total. The van der Waals surface area contributed by atoms with Gasteiger partial charge in [0.1, 0.15) is 11.6 Å². The van der Waals surface area contributed by atoms with E-state index >= 15 is 0 Å². The number of pyridine rings is 1. The molecule has 22 heavy (non-hydrogen) atoms. The lowest BCUT2D eigenvalue weighted by Gasteiger charge is -2.12. The summed E-state index contributed by atoms with van der Waals surface area (Å²) in [5.74, 6) is -2.58. The molecule has 0 atom stereocenters. The number of aromatic nitrogens is 1. The van der Waals surface area contributed by atoms with Gasteiger partial charge in [0.05, 0.1) is 5.69 Å². The van der Waals surface area contributed by atoms with Crippen molar-refractivity contribution in [3.05, 3.63) is 51.1 Å². The molecule has 0 amide bonds. The number of aryl methyl sites for hydroxylation is 1. The summed E-state index contributed by atoms with van der Waals surface area (Å²) < 4.78 is 14.1. The maximum absolute atomic E-state index is 14.1. The Morgan fingerprint density at radius 3 is 2.68 bits per heavy atom. The van der Waals surface area contributed by atoms with E-state index in [1.54, 1.807) is 12.1 Å². The lowest BCUT2D eigenvalue weighted by molar-refractivity contribution is 0.0691. The Hall–Kier alpha value is -2.34. The molecule has 0 bridgehead atoms. The number of carboxylic acids is 1. The topological polar surface area (TPSA) is 90.4 Å². The van der Waals surface area contributed by atoms with E-state index in [2.05, 4.69) is 4.98 Å². The molecule has 0 saturated carbocycles. The predicted molar refractivity (Wildman–Crippen MR) is 80.4 cm³/mol. The average Bonchev–Trinajstić information content (AvgIpc) is 2.59. The van der Waals surface area contributed by atoms with Crippen molar-refractivity contribution in [2.45, 2.75) is 19.3 Å². The highest BCUT2D eigenvalue weighted by atomic mass is 35.5. The van der Waals surface area contributed by atoms with Gasteiger partial charge in [-0.1, -0.05) is 12.1 Å². The second-order valence-electron chi connectivity index (χ2n) is 4.96. The second-order valence-corrected chi connectivity index (χ2v) is 4.96. The highest BCUT2D eigenvalue weighted by Gasteiger charge is 2.26. The summed E-state index contributed by atoms with van der Waals surface area (Å²) in [7, 11) is 0. The smallest absolute Gasteiger partial charge is 0.345 e. The zero-order valence-electron chi connectivity index (χ0n) is 11.4. The van der Waals surface area contributed by atoms with Crippen LogP contribution in [0.4, 0.5) is 4.39 Å². The van der Waals surface area contributed by atoms with E-state index in [1.807, 2.05) is 0 Å². The number of halogens is 2. The number of rotatable bonds is 1. The predicted octanol–water partition coefficient (Wildman–Crippen LogP) is 2.50. The summed E-state index contributed by atoms with van der Waals surface area (Å²) in [6.07, 6.45) is 1.58. The van der Waals surface area contributed by atoms with Gasteiger partial charge in [-0.25, -0.2) is 9.18 Å². The van der Waals surface area contributed by atoms with Crippen molar-refractivity contribution < 1.29 is 19.4 Å². The first-order chi connectivity index (χ1) is 10.0. The lowest BCUT2D eigenvalue weighted by atomic mass is 9.99. The molecule has 116 valence electrons. The van der Waals surface area contributed by atoms with Crippen molar-refractivity contribution in [3.63, 3.8) is 0 Å². The molecule has 0 spiro atoms. The summed E-state index contributed by atoms with van der Waals surface area (Å²) >= 11 is 0. The van der Waals surface area contributed by atoms with Gasteiger partial charge in [0, 0.05) is 11.1 Å². The largest absolute Gasteiger partial charge is 0.506 e. The number of hydrogen-bond donors (Lipinski definition) is 3. The molecular formula is C15H13ClFNO4. The van der Waals surface area contributed by atoms with Gasteiger partial charge in [-0.2, -0.15) is 0 Å². The van der Waals surface area contributed by atoms with E-state index in [9.17, 15) is 19.1 Å². The first-order valence-electron chi connectivity index (χ1n) is 6.50. The minimum atomic E-state index is -1.51. The number of aromatic hydroxyl groups is 1. The summed E-state index contributed by atoms with van der Waals surface area (Å²) in [4.78, 5) is 25.4. The normalized spacial score (nSPS) is 12.6. The van der Waals surface area contributed by atoms with E-state index in [0.29, 0.717) is 19.3 Å². The Kier molecular flexibility index (Phi) is 4.23. The van der Waals surface area contributed by atoms with E-state index < -0.39 is 28.7 Å². The fourth-order valence-corrected chi connectivity index (χ4v) is 2.80. The van der Waals surface area contributed by atoms with E-state index in [4.69, 9.17) is 5.11 Å². The van der Waals surface area contributed by atoms with Crippen LogP contribution in [0.25, 0.3) is 11.3 Å². The number of benzene rings is 1. The summed E-state index contributed by atoms with van der Waals surface area (Å²) in [6.45, 7) is 0. The summed E-state index contributed by atoms with van der Waals surface area (Å²) in [5, 5.41) is 19.1. The third-order valence-electron chi connectivity index (χ3n) is 3.73. The third-order valence-corrected chi connectivity index (χ3v) is 3.73. The molecule has 0 aliphatic heterocycles. The molecule has 1 aromatic heterocycles. The molecule has 3 rings (SSSR count). The molecule has 0 radical (unpaired) electrons. The second kappa shape index (κ2) is 5.81. The van der Waals surface area contributed by atoms with E-state index in [0.717, 1.165) is 5.56 Å². The van der Waals surface area contributed by atoms with Crippen molar-refractivity contribution in [2.75, 3.05) is 0 Å². The number of hydrogen-bond acceptors (Lipinski definition) is 3. The lowest BCUT2D eigenvalue weighted by Crippen LogP contribution is -2.20. The number of H-pyrrole nitrogens is 1. The van der Waals surface area contributed by atoms with Gasteiger partial charge in [-0.3, -0.25) is 4.79 Å². The van der Waals surface area contributed by atoms with E-state index in [1.165, 1.54) is 6.07 Å². The van der Waals surface area contributed by atoms with Gasteiger partial charge in [-0.15, -0.1) is 12.4 Å². The molecular weight excluding hydrogens is 313 g/mol. The molecule has 0 unspecified atom stereocenters. The van der Waals surface area contributed by atoms with Gasteiger partial charge in [-0.05, 0) is 30.9 Å². The van der Waals surface area contributed by atoms with Crippen molar-refractivity contribution in [3.8, 4) is 17.0 Å². The number of fused-ring (bicyclic) bond motifs is 3. The number of aromatic amines is 1. The van der Waals surface area contributed by atoms with Crippen LogP contribution in [0.2, 0.25) is 0 Å². The average molecular weight is 326 g/mol. The Morgan fingerprint density at radius 2 is 2.00 bits per heavy atom. The minimum absolute atomic E-state index is 0. The molecule has 2 aromatic rings. The Morgan fingerprint density at radius 1 is 1.27 bits per heavy atom. The van der Waals surface area contributed by atoms with Crippen LogP contribution >= 0.6 is 12.4 Å². The quantitative estimate of drug-likeness (QED) is 0.751. The number of nitrogens with one attached hydrogen (secondary N) is 1. The monoisotopic (exact) mass is 325 g/mol. The minimum Gasteiger partial charge on any atom is -0.506 e. The zero-order chi connectivity index (χ0) is 15.1. The van der Waals surface area contributed by atoms with Gasteiger partial charge >= 0.3 is 5.97 Å². The Balaban J connectivity index is 0.00000176. The van der Waals surface area contributed by atoms with Crippen molar-refractivity contribution in [2.24, 2.45) is 0 Å². The van der Waals surface area contributed by atoms with Crippen LogP contribution in [0.15, 0.2) is 23.0 Å². The van der Waals surface area contributed by atoms with Crippen LogP contribution in [0.3, 0.4) is 0 Å². The van der Waals surface area contributed by atoms with Crippen LogP contribution in [-0.2, 0) is 12.8 Å². The number of aromatic carboxylic acids is 1. The molecule has 7 heteroatoms. The fourth-order valence-electron chi connectivity index (χ4n) is 2.80. The van der Waals surface area contributed by atoms with Crippen LogP contribution in [0, 0.1) is 5.82 Å². The third kappa shape index (κ3) is 2.35. The van der Waals surface area contributed by atoms with Crippen LogP contribution in [-0.4, -0.2) is 21.2 Å². The fraction of sp³-hybridized carbons (Fsp3) is 0.200. The van der Waals surface area contributed by atoms with Crippen molar-refractivity contribution >= 4 is 18.4 Å². The highest BCUT2D eigenvalue weighted by Crippen LogP contribution is 2.37. The molecule has 0 saturated heterocycles. The first kappa shape index (κ1) is 16.0. The van der Waals surface area contributed by atoms with Crippen molar-refractivity contribution in [1.82, 2.24) is 4.98 Å². The molecule has 1 aliphatic carbocycles. The maximum Gasteiger partial charge on any atom is 0.345 e. The van der Waals surface area contributed by atoms with Gasteiger partial charge < -0.3 is 15.2 Å². The maximum atomic E-state index is 14.1. The highest BCUT2D eigenvalue weighted by molar-refractivity contribution is 5.92. The molecule has 1 aromatic carbocycles. The SMILES string of the molecule is Cl.O=C(O)c1c(O)c2c([nH]c1=O)-c1c(F)cccc1CCC2. The summed E-state index contributed by atoms with van der Waals surface area (Å²) in [6, 6.07) is 4.62. The molecule has 1 heterocycles. The zero-order valence-corrected chi connectivity index (χ0v) is 12.2. The van der Waals surface area contributed by atoms with Crippen LogP contribution < -0.4 is 5.56 Å². The first-order valence-corrected chi connectivity index (χ1v) is 6.50. The molecule has 3 N–H and O–H groups in total. The number of carbonyl (C=O) groups is 1. The summed E-state index contributed by atoms with van der Waals surface area (Å²) in [5.41, 5.74) is -0.228. The molecule has 1 aliphatic rings. The van der Waals surface area contributed by atoms with Gasteiger partial charge in [0.2, 0.25) is 0 Å². The Bertz CT molecular complexity index is 816. The Labute approximate surface area is 130 Å². The van der Waals surface area contributed by atoms with Crippen molar-refractivity contribution in [1.29, 1.82) is 0 Å². The molecule has 0 fully saturated rings. The van der Waals surface area contributed by atoms with Crippen LogP contribution in [0.5, 0.6) is 5.75 Å². The standard InChI is InChI=1S/C15H12FNO4.ClH/c16-9-6-2-4-7-3-1-5-8-12(10(7)9)17-14(19)11(13(8)18)15(20)21;/h2,4,6H,1,3,5H2,(H,20,21)(H2,17,18,19);1H. The number of carboxylic acid groups (broad SMARTS) is 1.